The van der Waals surface area contributed by atoms with Gasteiger partial charge in [-0.2, -0.15) is 10.5 Å². The average molecular weight is 174 g/mol. The Hall–Kier alpha value is -1.02. The normalized spacial score (nSPS) is 40.7. The Labute approximate surface area is 79.2 Å². The van der Waals surface area contributed by atoms with Gasteiger partial charge in [0.05, 0.1) is 12.1 Å². The van der Waals surface area contributed by atoms with Crippen LogP contribution < -0.4 is 0 Å². The van der Waals surface area contributed by atoms with Gasteiger partial charge in [0.1, 0.15) is 5.41 Å². The molecule has 0 aromatic rings. The third-order valence-electron chi connectivity index (χ3n) is 4.14. The minimum atomic E-state index is -0.618. The fourth-order valence-electron chi connectivity index (χ4n) is 3.07. The summed E-state index contributed by atoms with van der Waals surface area (Å²) in [7, 11) is 0. The molecule has 2 unspecified atom stereocenters. The van der Waals surface area contributed by atoms with Gasteiger partial charge < -0.3 is 0 Å². The van der Waals surface area contributed by atoms with Crippen LogP contribution in [0.5, 0.6) is 0 Å². The minimum absolute atomic E-state index is 0.0781. The van der Waals surface area contributed by atoms with Crippen LogP contribution in [0.2, 0.25) is 0 Å². The third-order valence-corrected chi connectivity index (χ3v) is 4.14. The van der Waals surface area contributed by atoms with Crippen LogP contribution in [0.1, 0.15) is 39.0 Å². The van der Waals surface area contributed by atoms with Crippen molar-refractivity contribution in [3.8, 4) is 12.1 Å². The van der Waals surface area contributed by atoms with Gasteiger partial charge >= 0.3 is 0 Å². The maximum atomic E-state index is 9.02. The lowest BCUT2D eigenvalue weighted by Crippen LogP contribution is -2.24. The van der Waals surface area contributed by atoms with E-state index in [2.05, 4.69) is 19.1 Å². The minimum Gasteiger partial charge on any atom is -0.197 e. The van der Waals surface area contributed by atoms with E-state index in [1.165, 1.54) is 19.3 Å². The zero-order chi connectivity index (χ0) is 9.53. The van der Waals surface area contributed by atoms with Crippen LogP contribution in [-0.4, -0.2) is 0 Å². The molecule has 2 fully saturated rings. The topological polar surface area (TPSA) is 47.6 Å². The molecule has 2 atom stereocenters. The molecule has 1 spiro atoms. The highest BCUT2D eigenvalue weighted by atomic mass is 14.7. The van der Waals surface area contributed by atoms with E-state index in [4.69, 9.17) is 10.5 Å². The second-order valence-corrected chi connectivity index (χ2v) is 4.61. The first-order valence-electron chi connectivity index (χ1n) is 5.03. The number of nitrogens with zero attached hydrogens (tertiary/aromatic N) is 2. The van der Waals surface area contributed by atoms with Crippen molar-refractivity contribution in [3.05, 3.63) is 0 Å². The van der Waals surface area contributed by atoms with Gasteiger partial charge in [-0.25, -0.2) is 0 Å². The molecule has 0 aromatic carbocycles. The molecule has 13 heavy (non-hydrogen) atoms. The zero-order valence-corrected chi connectivity index (χ0v) is 8.01. The van der Waals surface area contributed by atoms with E-state index < -0.39 is 5.41 Å². The van der Waals surface area contributed by atoms with Crippen LogP contribution in [0, 0.1) is 39.4 Å². The molecule has 2 saturated carbocycles. The van der Waals surface area contributed by atoms with Gasteiger partial charge in [-0.05, 0) is 18.8 Å². The van der Waals surface area contributed by atoms with Crippen LogP contribution in [0.4, 0.5) is 0 Å². The molecule has 2 rings (SSSR count). The van der Waals surface area contributed by atoms with Crippen molar-refractivity contribution >= 4 is 0 Å². The summed E-state index contributed by atoms with van der Waals surface area (Å²) in [5, 5.41) is 18.0. The Morgan fingerprint density at radius 2 is 1.92 bits per heavy atom. The number of hydrogen-bond donors (Lipinski definition) is 0. The molecule has 0 heterocycles. The van der Waals surface area contributed by atoms with E-state index in [1.54, 1.807) is 0 Å². The summed E-state index contributed by atoms with van der Waals surface area (Å²) in [4.78, 5) is 0. The Morgan fingerprint density at radius 3 is 2.38 bits per heavy atom. The molecule has 0 saturated heterocycles. The van der Waals surface area contributed by atoms with Crippen LogP contribution in [-0.2, 0) is 0 Å². The Balaban J connectivity index is 2.26. The molecule has 2 aliphatic carbocycles. The fourth-order valence-corrected chi connectivity index (χ4v) is 3.07. The smallest absolute Gasteiger partial charge is 0.150 e. The summed E-state index contributed by atoms with van der Waals surface area (Å²) in [6, 6.07) is 4.46. The van der Waals surface area contributed by atoms with Crippen LogP contribution in [0.3, 0.4) is 0 Å². The molecule has 68 valence electrons. The highest BCUT2D eigenvalue weighted by Crippen LogP contribution is 2.71. The second-order valence-electron chi connectivity index (χ2n) is 4.61. The van der Waals surface area contributed by atoms with Crippen LogP contribution >= 0.6 is 0 Å². The number of nitriles is 2. The van der Waals surface area contributed by atoms with Gasteiger partial charge in [0.15, 0.2) is 0 Å². The van der Waals surface area contributed by atoms with Gasteiger partial charge in [0, 0.05) is 5.41 Å². The summed E-state index contributed by atoms with van der Waals surface area (Å²) in [6.45, 7) is 2.20. The quantitative estimate of drug-likeness (QED) is 0.566. The average Bonchev–Trinajstić information content (AvgIpc) is 2.81. The molecule has 0 aliphatic heterocycles. The van der Waals surface area contributed by atoms with Crippen molar-refractivity contribution in [1.82, 2.24) is 0 Å². The predicted molar refractivity (Wildman–Crippen MR) is 48.3 cm³/mol. The van der Waals surface area contributed by atoms with Crippen molar-refractivity contribution in [3.63, 3.8) is 0 Å². The van der Waals surface area contributed by atoms with Crippen LogP contribution in [0.15, 0.2) is 0 Å². The van der Waals surface area contributed by atoms with Gasteiger partial charge in [-0.15, -0.1) is 0 Å². The summed E-state index contributed by atoms with van der Waals surface area (Å²) in [5.74, 6) is 0.570. The van der Waals surface area contributed by atoms with E-state index in [-0.39, 0.29) is 5.41 Å². The molecule has 0 bridgehead atoms. The van der Waals surface area contributed by atoms with Crippen molar-refractivity contribution in [2.75, 3.05) is 0 Å². The highest BCUT2D eigenvalue weighted by molar-refractivity contribution is 5.35. The van der Waals surface area contributed by atoms with Gasteiger partial charge in [0.2, 0.25) is 0 Å². The summed E-state index contributed by atoms with van der Waals surface area (Å²) in [6.07, 6.45) is 5.60. The first kappa shape index (κ1) is 8.57. The van der Waals surface area contributed by atoms with Gasteiger partial charge in [-0.1, -0.05) is 26.2 Å². The van der Waals surface area contributed by atoms with Crippen molar-refractivity contribution in [2.24, 2.45) is 16.7 Å². The first-order valence-corrected chi connectivity index (χ1v) is 5.03. The Bertz CT molecular complexity index is 293. The summed E-state index contributed by atoms with van der Waals surface area (Å²) in [5.41, 5.74) is -0.540. The third kappa shape index (κ3) is 0.866. The maximum absolute atomic E-state index is 9.02. The predicted octanol–water partition coefficient (Wildman–Crippen LogP) is 2.62. The van der Waals surface area contributed by atoms with Crippen molar-refractivity contribution in [2.45, 2.75) is 39.0 Å². The summed E-state index contributed by atoms with van der Waals surface area (Å²) < 4.78 is 0. The Morgan fingerprint density at radius 1 is 1.23 bits per heavy atom. The van der Waals surface area contributed by atoms with E-state index in [9.17, 15) is 0 Å². The van der Waals surface area contributed by atoms with Crippen LogP contribution in [0.25, 0.3) is 0 Å². The first-order chi connectivity index (χ1) is 6.21. The lowest BCUT2D eigenvalue weighted by molar-refractivity contribution is 0.206. The molecule has 0 amide bonds. The maximum Gasteiger partial charge on any atom is 0.150 e. The SMILES string of the molecule is CC1CCCCC12CC2(C#N)C#N. The number of rotatable bonds is 0. The highest BCUT2D eigenvalue weighted by Gasteiger charge is 2.71. The largest absolute Gasteiger partial charge is 0.197 e. The van der Waals surface area contributed by atoms with Crippen molar-refractivity contribution in [1.29, 1.82) is 10.5 Å². The molecule has 2 nitrogen and oxygen atoms in total. The molecule has 2 heteroatoms. The zero-order valence-electron chi connectivity index (χ0n) is 8.01. The van der Waals surface area contributed by atoms with Gasteiger partial charge in [-0.3, -0.25) is 0 Å². The van der Waals surface area contributed by atoms with E-state index in [0.29, 0.717) is 5.92 Å². The van der Waals surface area contributed by atoms with E-state index in [0.717, 1.165) is 12.8 Å². The molecule has 0 radical (unpaired) electrons. The van der Waals surface area contributed by atoms with E-state index in [1.807, 2.05) is 0 Å². The molecular formula is C11H14N2. The van der Waals surface area contributed by atoms with Gasteiger partial charge in [0.25, 0.3) is 0 Å². The van der Waals surface area contributed by atoms with E-state index >= 15 is 0 Å². The molecular weight excluding hydrogens is 160 g/mol. The second kappa shape index (κ2) is 2.48. The molecule has 0 aromatic heterocycles. The number of hydrogen-bond acceptors (Lipinski definition) is 2. The standard InChI is InChI=1S/C11H14N2/c1-9-4-2-3-5-11(9)6-10(11,7-12)8-13/h9H,2-6H2,1H3. The Kier molecular flexibility index (Phi) is 1.64. The summed E-state index contributed by atoms with van der Waals surface area (Å²) >= 11 is 0. The lowest BCUT2D eigenvalue weighted by atomic mass is 9.73. The monoisotopic (exact) mass is 174 g/mol. The van der Waals surface area contributed by atoms with Crippen molar-refractivity contribution < 1.29 is 0 Å². The lowest BCUT2D eigenvalue weighted by Gasteiger charge is -2.30. The molecule has 2 aliphatic rings. The molecule has 0 N–H and O–H groups in total. The fraction of sp³-hybridized carbons (Fsp3) is 0.818.